The lowest BCUT2D eigenvalue weighted by molar-refractivity contribution is 0.234. The molecule has 2 N–H and O–H groups in total. The van der Waals surface area contributed by atoms with Gasteiger partial charge >= 0.3 is 6.03 Å². The first-order valence-electron chi connectivity index (χ1n) is 13.8. The third-order valence-corrected chi connectivity index (χ3v) is 6.14. The van der Waals surface area contributed by atoms with Gasteiger partial charge in [0.25, 0.3) is 0 Å². The molecule has 0 fully saturated rings. The van der Waals surface area contributed by atoms with Crippen molar-refractivity contribution in [1.82, 2.24) is 10.1 Å². The summed E-state index contributed by atoms with van der Waals surface area (Å²) in [5, 5.41) is 9.49. The second-order valence-corrected chi connectivity index (χ2v) is 10.8. The van der Waals surface area contributed by atoms with Crippen molar-refractivity contribution >= 4 is 30.8 Å². The fourth-order valence-electron chi connectivity index (χ4n) is 4.06. The summed E-state index contributed by atoms with van der Waals surface area (Å²) in [6, 6.07) is 14.9. The maximum Gasteiger partial charge on any atom is 0.324 e. The van der Waals surface area contributed by atoms with Gasteiger partial charge < -0.3 is 19.5 Å². The van der Waals surface area contributed by atoms with E-state index in [0.29, 0.717) is 23.9 Å². The molecule has 0 saturated carbocycles. The molecular formula is C31H41BN4O3. The Labute approximate surface area is 234 Å². The Morgan fingerprint density at radius 3 is 2.26 bits per heavy atom. The van der Waals surface area contributed by atoms with Crippen LogP contribution in [0.2, 0.25) is 0 Å². The Hall–Kier alpha value is -3.70. The highest BCUT2D eigenvalue weighted by atomic mass is 16.5. The van der Waals surface area contributed by atoms with E-state index in [9.17, 15) is 4.79 Å². The van der Waals surface area contributed by atoms with E-state index >= 15 is 0 Å². The number of nitrogens with zero attached hydrogens (tertiary/aromatic N) is 2. The van der Waals surface area contributed by atoms with Crippen molar-refractivity contribution in [3.63, 3.8) is 0 Å². The van der Waals surface area contributed by atoms with E-state index in [2.05, 4.69) is 46.4 Å². The van der Waals surface area contributed by atoms with Crippen molar-refractivity contribution in [2.24, 2.45) is 0 Å². The van der Waals surface area contributed by atoms with Crippen molar-refractivity contribution in [1.29, 1.82) is 0 Å². The first-order valence-corrected chi connectivity index (χ1v) is 13.8. The molecule has 0 aliphatic carbocycles. The van der Waals surface area contributed by atoms with E-state index in [-0.39, 0.29) is 11.4 Å². The fourth-order valence-corrected chi connectivity index (χ4v) is 4.06. The number of amides is 2. The van der Waals surface area contributed by atoms with Crippen LogP contribution in [0, 0.1) is 11.8 Å². The molecule has 0 atom stereocenters. The van der Waals surface area contributed by atoms with Gasteiger partial charge in [-0.05, 0) is 68.8 Å². The van der Waals surface area contributed by atoms with Gasteiger partial charge in [-0.2, -0.15) is 0 Å². The van der Waals surface area contributed by atoms with Gasteiger partial charge in [-0.15, -0.1) is 0 Å². The van der Waals surface area contributed by atoms with Gasteiger partial charge in [0.2, 0.25) is 0 Å². The maximum absolute atomic E-state index is 12.4. The highest BCUT2D eigenvalue weighted by Crippen LogP contribution is 2.24. The summed E-state index contributed by atoms with van der Waals surface area (Å²) in [6.07, 6.45) is 3.39. The molecule has 3 rings (SSSR count). The van der Waals surface area contributed by atoms with Crippen LogP contribution in [-0.2, 0) is 5.41 Å². The normalized spacial score (nSPS) is 11.1. The van der Waals surface area contributed by atoms with Crippen LogP contribution in [0.15, 0.2) is 53.1 Å². The SMILES string of the molecule is Bc1cc(C#Cc2ccc(OCCCN(CCC)CCC)cc2)ccc1NC(=O)Nc1cc(C(C)(C)C)on1. The molecule has 1 aromatic heterocycles. The predicted octanol–water partition coefficient (Wildman–Crippen LogP) is 5.17. The third kappa shape index (κ3) is 9.84. The van der Waals surface area contributed by atoms with Crippen LogP contribution < -0.4 is 20.8 Å². The van der Waals surface area contributed by atoms with Gasteiger partial charge in [-0.3, -0.25) is 5.32 Å². The Bertz CT molecular complexity index is 1260. The number of hydrogen-bond acceptors (Lipinski definition) is 5. The van der Waals surface area contributed by atoms with Crippen LogP contribution >= 0.6 is 0 Å². The van der Waals surface area contributed by atoms with Gasteiger partial charge in [-0.1, -0.05) is 63.1 Å². The van der Waals surface area contributed by atoms with Crippen molar-refractivity contribution in [2.45, 2.75) is 59.3 Å². The van der Waals surface area contributed by atoms with E-state index in [0.717, 1.165) is 48.4 Å². The molecule has 7 nitrogen and oxygen atoms in total. The molecule has 8 heteroatoms. The monoisotopic (exact) mass is 528 g/mol. The summed E-state index contributed by atoms with van der Waals surface area (Å²) in [7, 11) is 1.93. The highest BCUT2D eigenvalue weighted by molar-refractivity contribution is 6.36. The van der Waals surface area contributed by atoms with Gasteiger partial charge in [0.1, 0.15) is 19.4 Å². The number of carbonyl (C=O) groups excluding carboxylic acids is 1. The van der Waals surface area contributed by atoms with Crippen molar-refractivity contribution in [3.05, 3.63) is 65.4 Å². The summed E-state index contributed by atoms with van der Waals surface area (Å²) in [5.41, 5.74) is 3.21. The number of rotatable bonds is 11. The molecule has 0 aliphatic rings. The summed E-state index contributed by atoms with van der Waals surface area (Å²) < 4.78 is 11.2. The summed E-state index contributed by atoms with van der Waals surface area (Å²) >= 11 is 0. The van der Waals surface area contributed by atoms with E-state index in [4.69, 9.17) is 9.26 Å². The van der Waals surface area contributed by atoms with E-state index in [1.807, 2.05) is 71.1 Å². The molecule has 39 heavy (non-hydrogen) atoms. The quantitative estimate of drug-likeness (QED) is 0.204. The molecule has 2 amide bonds. The van der Waals surface area contributed by atoms with Gasteiger partial charge in [-0.25, -0.2) is 4.79 Å². The minimum absolute atomic E-state index is 0.183. The molecule has 206 valence electrons. The van der Waals surface area contributed by atoms with Crippen LogP contribution in [0.4, 0.5) is 16.3 Å². The first-order chi connectivity index (χ1) is 18.7. The van der Waals surface area contributed by atoms with Crippen molar-refractivity contribution in [2.75, 3.05) is 36.9 Å². The van der Waals surface area contributed by atoms with E-state index in [1.165, 1.54) is 12.8 Å². The average molecular weight is 529 g/mol. The lowest BCUT2D eigenvalue weighted by atomic mass is 9.92. The minimum Gasteiger partial charge on any atom is -0.494 e. The lowest BCUT2D eigenvalue weighted by Gasteiger charge is -2.20. The Morgan fingerprint density at radius 2 is 1.64 bits per heavy atom. The second-order valence-electron chi connectivity index (χ2n) is 10.8. The van der Waals surface area contributed by atoms with Crippen LogP contribution in [0.3, 0.4) is 0 Å². The van der Waals surface area contributed by atoms with Gasteiger partial charge in [0.05, 0.1) is 6.61 Å². The largest absolute Gasteiger partial charge is 0.494 e. The van der Waals surface area contributed by atoms with Crippen LogP contribution in [-0.4, -0.2) is 50.2 Å². The highest BCUT2D eigenvalue weighted by Gasteiger charge is 2.20. The number of aromatic nitrogens is 1. The number of benzene rings is 2. The molecular weight excluding hydrogens is 487 g/mol. The molecule has 0 unspecified atom stereocenters. The summed E-state index contributed by atoms with van der Waals surface area (Å²) in [5.74, 6) is 8.35. The summed E-state index contributed by atoms with van der Waals surface area (Å²) in [4.78, 5) is 14.9. The number of anilines is 2. The second kappa shape index (κ2) is 14.5. The predicted molar refractivity (Wildman–Crippen MR) is 162 cm³/mol. The number of urea groups is 1. The van der Waals surface area contributed by atoms with Crippen LogP contribution in [0.5, 0.6) is 5.75 Å². The summed E-state index contributed by atoms with van der Waals surface area (Å²) in [6.45, 7) is 14.6. The average Bonchev–Trinajstić information content (AvgIpc) is 3.37. The van der Waals surface area contributed by atoms with Gasteiger partial charge in [0.15, 0.2) is 5.82 Å². The maximum atomic E-state index is 12.4. The third-order valence-electron chi connectivity index (χ3n) is 6.14. The number of nitrogens with one attached hydrogen (secondary N) is 2. The molecule has 2 aromatic carbocycles. The zero-order valence-electron chi connectivity index (χ0n) is 24.2. The Morgan fingerprint density at radius 1 is 0.974 bits per heavy atom. The number of hydrogen-bond donors (Lipinski definition) is 2. The Kier molecular flexibility index (Phi) is 11.1. The zero-order chi connectivity index (χ0) is 28.3. The molecule has 0 spiro atoms. The lowest BCUT2D eigenvalue weighted by Crippen LogP contribution is -2.27. The molecule has 1 heterocycles. The standard InChI is InChI=1S/C31H41BN4O3/c1-6-17-36(18-7-2)19-8-20-38-25-14-11-23(12-15-25)9-10-24-13-16-27(26(32)21-24)33-30(37)34-29-22-28(39-35-29)31(3,4)5/h11-16,21-22H,6-8,17-20,32H2,1-5H3,(H2,33,34,35,37). The van der Waals surface area contributed by atoms with Gasteiger partial charge in [0, 0.05) is 34.8 Å². The Balaban J connectivity index is 1.49. The van der Waals surface area contributed by atoms with Crippen LogP contribution in [0.25, 0.3) is 0 Å². The molecule has 0 saturated heterocycles. The first kappa shape index (κ1) is 29.9. The molecule has 0 bridgehead atoms. The zero-order valence-corrected chi connectivity index (χ0v) is 24.2. The van der Waals surface area contributed by atoms with E-state index in [1.54, 1.807) is 6.07 Å². The molecule has 3 aromatic rings. The molecule has 0 radical (unpaired) electrons. The smallest absolute Gasteiger partial charge is 0.324 e. The van der Waals surface area contributed by atoms with Crippen LogP contribution in [0.1, 0.15) is 70.8 Å². The molecule has 0 aliphatic heterocycles. The van der Waals surface area contributed by atoms with Crippen molar-refractivity contribution in [3.8, 4) is 17.6 Å². The van der Waals surface area contributed by atoms with E-state index < -0.39 is 0 Å². The van der Waals surface area contributed by atoms with Crippen molar-refractivity contribution < 1.29 is 14.1 Å². The number of ether oxygens (including phenoxy) is 1. The topological polar surface area (TPSA) is 79.6 Å². The number of carbonyl (C=O) groups is 1. The fraction of sp³-hybridized carbons (Fsp3) is 0.419. The minimum atomic E-state index is -0.382.